The topological polar surface area (TPSA) is 62.7 Å². The largest absolute Gasteiger partial charge is 0.415 e. The molecule has 164 valence electrons. The summed E-state index contributed by atoms with van der Waals surface area (Å²) in [6.45, 7) is 3.10. The van der Waals surface area contributed by atoms with Gasteiger partial charge in [-0.2, -0.15) is 0 Å². The minimum absolute atomic E-state index is 0.0712. The number of benzene rings is 2. The third-order valence-corrected chi connectivity index (χ3v) is 6.56. The Hall–Kier alpha value is -3.25. The quantitative estimate of drug-likeness (QED) is 0.616. The summed E-state index contributed by atoms with van der Waals surface area (Å²) in [5, 5.41) is 2.20. The Kier molecular flexibility index (Phi) is 5.62. The van der Waals surface area contributed by atoms with E-state index < -0.39 is 0 Å². The number of hydrogen-bond donors (Lipinski definition) is 0. The van der Waals surface area contributed by atoms with Gasteiger partial charge in [-0.3, -0.25) is 9.78 Å². The van der Waals surface area contributed by atoms with E-state index in [0.29, 0.717) is 25.3 Å². The minimum Gasteiger partial charge on any atom is -0.410 e. The van der Waals surface area contributed by atoms with Crippen molar-refractivity contribution in [1.82, 2.24) is 14.8 Å². The number of pyridine rings is 1. The summed E-state index contributed by atoms with van der Waals surface area (Å²) in [6, 6.07) is 15.7. The maximum Gasteiger partial charge on any atom is 0.415 e. The first-order valence-electron chi connectivity index (χ1n) is 11.2. The van der Waals surface area contributed by atoms with Crippen LogP contribution in [0.1, 0.15) is 23.5 Å². The van der Waals surface area contributed by atoms with Gasteiger partial charge in [-0.25, -0.2) is 4.79 Å². The van der Waals surface area contributed by atoms with Crippen LogP contribution in [0.15, 0.2) is 60.9 Å². The first-order chi connectivity index (χ1) is 15.6. The predicted octanol–water partition coefficient (Wildman–Crippen LogP) is 3.90. The van der Waals surface area contributed by atoms with Gasteiger partial charge in [0.25, 0.3) is 0 Å². The zero-order valence-electron chi connectivity index (χ0n) is 18.2. The molecule has 3 aromatic rings. The number of likely N-dealkylation sites (N-methyl/N-ethyl adjacent to an activating group) is 1. The molecule has 2 atom stereocenters. The maximum absolute atomic E-state index is 12.8. The number of nitrogens with zero attached hydrogens (tertiary/aromatic N) is 3. The lowest BCUT2D eigenvalue weighted by atomic mass is 10.0. The van der Waals surface area contributed by atoms with Gasteiger partial charge < -0.3 is 14.5 Å². The van der Waals surface area contributed by atoms with E-state index in [1.54, 1.807) is 11.1 Å². The number of hydrogen-bond acceptors (Lipinski definition) is 5. The standard InChI is InChI=1S/C26H27N3O3/c1-28-10-12-29(13-11-28)26(31)32-22-6-4-19(5-7-22)23-16-24(23)25(30)15-18-2-3-21-17-27-9-8-20(21)14-18/h2-9,14,17,23-24H,10-13,15-16H2,1H3/t23-,24+/m0/s1. The third kappa shape index (κ3) is 4.50. The molecule has 1 saturated carbocycles. The van der Waals surface area contributed by atoms with E-state index in [0.717, 1.165) is 41.4 Å². The Morgan fingerprint density at radius 1 is 1.00 bits per heavy atom. The molecule has 1 aliphatic heterocycles. The highest BCUT2D eigenvalue weighted by Gasteiger charge is 2.43. The van der Waals surface area contributed by atoms with Crippen LogP contribution in [0.2, 0.25) is 0 Å². The summed E-state index contributed by atoms with van der Waals surface area (Å²) in [4.78, 5) is 33.2. The van der Waals surface area contributed by atoms with Gasteiger partial charge in [-0.15, -0.1) is 0 Å². The molecule has 2 heterocycles. The summed E-state index contributed by atoms with van der Waals surface area (Å²) in [5.74, 6) is 1.16. The smallest absolute Gasteiger partial charge is 0.410 e. The molecule has 1 amide bonds. The molecule has 6 heteroatoms. The maximum atomic E-state index is 12.8. The molecule has 5 rings (SSSR count). The number of carbonyl (C=O) groups excluding carboxylic acids is 2. The second-order valence-corrected chi connectivity index (χ2v) is 8.88. The number of ether oxygens (including phenoxy) is 1. The zero-order chi connectivity index (χ0) is 22.1. The number of ketones is 1. The lowest BCUT2D eigenvalue weighted by Gasteiger charge is -2.31. The van der Waals surface area contributed by atoms with E-state index in [4.69, 9.17) is 4.74 Å². The van der Waals surface area contributed by atoms with Gasteiger partial charge in [0.15, 0.2) is 0 Å². The van der Waals surface area contributed by atoms with Crippen molar-refractivity contribution in [2.24, 2.45) is 5.92 Å². The van der Waals surface area contributed by atoms with Crippen molar-refractivity contribution >= 4 is 22.6 Å². The Morgan fingerprint density at radius 2 is 1.78 bits per heavy atom. The minimum atomic E-state index is -0.295. The van der Waals surface area contributed by atoms with Crippen molar-refractivity contribution in [3.8, 4) is 5.75 Å². The Bertz CT molecular complexity index is 1140. The van der Waals surface area contributed by atoms with Gasteiger partial charge in [0.1, 0.15) is 11.5 Å². The van der Waals surface area contributed by atoms with Crippen LogP contribution in [-0.2, 0) is 11.2 Å². The van der Waals surface area contributed by atoms with Crippen molar-refractivity contribution < 1.29 is 14.3 Å². The van der Waals surface area contributed by atoms with Crippen LogP contribution in [0.5, 0.6) is 5.75 Å². The van der Waals surface area contributed by atoms with Crippen LogP contribution in [0.3, 0.4) is 0 Å². The first kappa shape index (κ1) is 20.6. The molecule has 1 saturated heterocycles. The first-order valence-corrected chi connectivity index (χ1v) is 11.2. The molecule has 1 aromatic heterocycles. The third-order valence-electron chi connectivity index (χ3n) is 6.56. The Balaban J connectivity index is 1.16. The van der Waals surface area contributed by atoms with E-state index in [2.05, 4.69) is 23.0 Å². The van der Waals surface area contributed by atoms with Crippen LogP contribution in [0.4, 0.5) is 4.79 Å². The van der Waals surface area contributed by atoms with Gasteiger partial charge >= 0.3 is 6.09 Å². The summed E-state index contributed by atoms with van der Waals surface area (Å²) >= 11 is 0. The normalized spacial score (nSPS) is 20.8. The van der Waals surface area contributed by atoms with Gasteiger partial charge in [-0.05, 0) is 54.1 Å². The summed E-state index contributed by atoms with van der Waals surface area (Å²) < 4.78 is 5.53. The van der Waals surface area contributed by atoms with E-state index in [-0.39, 0.29) is 23.7 Å². The van der Waals surface area contributed by atoms with Gasteiger partial charge in [0, 0.05) is 56.3 Å². The van der Waals surface area contributed by atoms with Crippen molar-refractivity contribution in [3.63, 3.8) is 0 Å². The van der Waals surface area contributed by atoms with Gasteiger partial charge in [-0.1, -0.05) is 30.3 Å². The Labute approximate surface area is 187 Å². The van der Waals surface area contributed by atoms with Crippen LogP contribution in [-0.4, -0.2) is 59.9 Å². The number of Topliss-reactive ketones (excluding diaryl/α,β-unsaturated/α-hetero) is 1. The molecule has 2 aliphatic rings. The van der Waals surface area contributed by atoms with Crippen molar-refractivity contribution in [1.29, 1.82) is 0 Å². The fourth-order valence-corrected chi connectivity index (χ4v) is 4.43. The van der Waals surface area contributed by atoms with Crippen molar-refractivity contribution in [2.45, 2.75) is 18.8 Å². The number of amides is 1. The monoisotopic (exact) mass is 429 g/mol. The molecule has 0 bridgehead atoms. The lowest BCUT2D eigenvalue weighted by Crippen LogP contribution is -2.48. The second kappa shape index (κ2) is 8.71. The molecule has 0 unspecified atom stereocenters. The summed E-state index contributed by atoms with van der Waals surface area (Å²) in [6.07, 6.45) is 4.66. The van der Waals surface area contributed by atoms with E-state index in [1.165, 1.54) is 0 Å². The molecule has 1 aliphatic carbocycles. The average molecular weight is 430 g/mol. The highest BCUT2D eigenvalue weighted by Crippen LogP contribution is 2.48. The fraction of sp³-hybridized carbons (Fsp3) is 0.346. The number of carbonyl (C=O) groups is 2. The molecule has 6 nitrogen and oxygen atoms in total. The van der Waals surface area contributed by atoms with E-state index in [9.17, 15) is 9.59 Å². The van der Waals surface area contributed by atoms with Gasteiger partial charge in [0.05, 0.1) is 0 Å². The lowest BCUT2D eigenvalue weighted by molar-refractivity contribution is -0.119. The molecule has 0 radical (unpaired) electrons. The molecular weight excluding hydrogens is 402 g/mol. The molecule has 0 spiro atoms. The molecule has 32 heavy (non-hydrogen) atoms. The second-order valence-electron chi connectivity index (χ2n) is 8.88. The van der Waals surface area contributed by atoms with Crippen LogP contribution in [0.25, 0.3) is 10.8 Å². The van der Waals surface area contributed by atoms with Gasteiger partial charge in [0.2, 0.25) is 0 Å². The van der Waals surface area contributed by atoms with Crippen LogP contribution >= 0.6 is 0 Å². The summed E-state index contributed by atoms with van der Waals surface area (Å²) in [7, 11) is 2.05. The molecular formula is C26H27N3O3. The predicted molar refractivity (Wildman–Crippen MR) is 123 cm³/mol. The van der Waals surface area contributed by atoms with Crippen molar-refractivity contribution in [3.05, 3.63) is 72.1 Å². The molecule has 0 N–H and O–H groups in total. The zero-order valence-corrected chi connectivity index (χ0v) is 18.2. The number of aromatic nitrogens is 1. The average Bonchev–Trinajstić information content (AvgIpc) is 3.61. The van der Waals surface area contributed by atoms with E-state index >= 15 is 0 Å². The van der Waals surface area contributed by atoms with Crippen LogP contribution < -0.4 is 4.74 Å². The Morgan fingerprint density at radius 3 is 2.56 bits per heavy atom. The van der Waals surface area contributed by atoms with E-state index in [1.807, 2.05) is 48.7 Å². The molecule has 2 fully saturated rings. The number of fused-ring (bicyclic) bond motifs is 1. The van der Waals surface area contributed by atoms with Crippen LogP contribution in [0, 0.1) is 5.92 Å². The molecule has 2 aromatic carbocycles. The van der Waals surface area contributed by atoms with Crippen molar-refractivity contribution in [2.75, 3.05) is 33.2 Å². The highest BCUT2D eigenvalue weighted by atomic mass is 16.6. The summed E-state index contributed by atoms with van der Waals surface area (Å²) in [5.41, 5.74) is 2.18. The SMILES string of the molecule is CN1CCN(C(=O)Oc2ccc([C@@H]3C[C@H]3C(=O)Cc3ccc4cnccc4c3)cc2)CC1. The fourth-order valence-electron chi connectivity index (χ4n) is 4.43. The highest BCUT2D eigenvalue weighted by molar-refractivity contribution is 5.89. The number of piperazine rings is 1. The number of rotatable bonds is 5.